The molecule has 3 heterocycles. The highest BCUT2D eigenvalue weighted by Crippen LogP contribution is 2.40. The number of hydrogen-bond acceptors (Lipinski definition) is 6. The maximum absolute atomic E-state index is 12.6. The summed E-state index contributed by atoms with van der Waals surface area (Å²) in [5, 5.41) is 4.41. The number of nitrogens with one attached hydrogen (secondary N) is 1. The van der Waals surface area contributed by atoms with Crippen LogP contribution >= 0.6 is 11.3 Å². The molecule has 0 aliphatic heterocycles. The molecule has 0 atom stereocenters. The lowest BCUT2D eigenvalue weighted by atomic mass is 10.0. The quantitative estimate of drug-likeness (QED) is 0.419. The summed E-state index contributed by atoms with van der Waals surface area (Å²) in [4.78, 5) is 29.5. The number of amides is 1. The standard InChI is InChI=1S/C25H27N5OS/c1-17-4-6-20(7-5-17)22-18(2)32-25-23(22)24(28-16-29-25)27-14-10-21(31)30(3)15-11-19-8-12-26-13-9-19/h4-9,12-13,16H,10-11,14-15H2,1-3H3,(H,27,28,29). The van der Waals surface area contributed by atoms with Gasteiger partial charge in [-0.1, -0.05) is 29.8 Å². The molecule has 1 aromatic carbocycles. The zero-order valence-corrected chi connectivity index (χ0v) is 19.4. The van der Waals surface area contributed by atoms with E-state index >= 15 is 0 Å². The van der Waals surface area contributed by atoms with Crippen LogP contribution in [0.25, 0.3) is 21.3 Å². The van der Waals surface area contributed by atoms with E-state index in [9.17, 15) is 4.79 Å². The Morgan fingerprint density at radius 3 is 2.56 bits per heavy atom. The number of aromatic nitrogens is 3. The summed E-state index contributed by atoms with van der Waals surface area (Å²) >= 11 is 1.67. The molecular weight excluding hydrogens is 418 g/mol. The van der Waals surface area contributed by atoms with Crippen LogP contribution in [-0.2, 0) is 11.2 Å². The second-order valence-corrected chi connectivity index (χ2v) is 9.10. The Balaban J connectivity index is 1.43. The van der Waals surface area contributed by atoms with Gasteiger partial charge in [0.05, 0.1) is 5.39 Å². The largest absolute Gasteiger partial charge is 0.369 e. The number of rotatable bonds is 8. The van der Waals surface area contributed by atoms with Crippen LogP contribution in [-0.4, -0.2) is 45.9 Å². The van der Waals surface area contributed by atoms with Crippen molar-refractivity contribution in [3.05, 3.63) is 71.1 Å². The van der Waals surface area contributed by atoms with Crippen molar-refractivity contribution in [3.63, 3.8) is 0 Å². The minimum atomic E-state index is 0.108. The number of likely N-dealkylation sites (N-methyl/N-ethyl adjacent to an activating group) is 1. The number of fused-ring (bicyclic) bond motifs is 1. The number of benzene rings is 1. The van der Waals surface area contributed by atoms with Gasteiger partial charge in [0.25, 0.3) is 0 Å². The third-order valence-electron chi connectivity index (χ3n) is 5.55. The van der Waals surface area contributed by atoms with E-state index in [2.05, 4.69) is 58.4 Å². The molecule has 0 radical (unpaired) electrons. The molecule has 6 nitrogen and oxygen atoms in total. The number of aryl methyl sites for hydroxylation is 2. The smallest absolute Gasteiger partial charge is 0.224 e. The van der Waals surface area contributed by atoms with E-state index in [1.54, 1.807) is 35.0 Å². The molecule has 0 saturated carbocycles. The molecular formula is C25H27N5OS. The van der Waals surface area contributed by atoms with Crippen LogP contribution in [0.15, 0.2) is 55.1 Å². The third kappa shape index (κ3) is 4.94. The fourth-order valence-electron chi connectivity index (χ4n) is 3.70. The number of nitrogens with zero attached hydrogens (tertiary/aromatic N) is 4. The van der Waals surface area contributed by atoms with Crippen molar-refractivity contribution in [2.45, 2.75) is 26.7 Å². The lowest BCUT2D eigenvalue weighted by Crippen LogP contribution is -2.30. The Bertz CT molecular complexity index is 1200. The zero-order valence-electron chi connectivity index (χ0n) is 18.6. The van der Waals surface area contributed by atoms with E-state index in [1.807, 2.05) is 19.2 Å². The SMILES string of the molecule is Cc1ccc(-c2c(C)sc3ncnc(NCCC(=O)N(C)CCc4ccncc4)c23)cc1. The number of pyridine rings is 1. The fraction of sp³-hybridized carbons (Fsp3) is 0.280. The van der Waals surface area contributed by atoms with Crippen LogP contribution in [0.2, 0.25) is 0 Å². The number of anilines is 1. The second kappa shape index (κ2) is 9.87. The third-order valence-corrected chi connectivity index (χ3v) is 6.56. The predicted octanol–water partition coefficient (Wildman–Crippen LogP) is 4.87. The molecule has 0 aliphatic rings. The fourth-order valence-corrected chi connectivity index (χ4v) is 4.71. The number of thiophene rings is 1. The second-order valence-electron chi connectivity index (χ2n) is 7.90. The van der Waals surface area contributed by atoms with Crippen molar-refractivity contribution in [3.8, 4) is 11.1 Å². The van der Waals surface area contributed by atoms with Crippen molar-refractivity contribution in [2.75, 3.05) is 25.5 Å². The molecule has 0 aliphatic carbocycles. The topological polar surface area (TPSA) is 71.0 Å². The highest BCUT2D eigenvalue weighted by molar-refractivity contribution is 7.19. The lowest BCUT2D eigenvalue weighted by Gasteiger charge is -2.17. The van der Waals surface area contributed by atoms with Crippen LogP contribution in [0.1, 0.15) is 22.4 Å². The number of hydrogen-bond donors (Lipinski definition) is 1. The van der Waals surface area contributed by atoms with Gasteiger partial charge in [0.15, 0.2) is 0 Å². The minimum absolute atomic E-state index is 0.108. The van der Waals surface area contributed by atoms with Crippen molar-refractivity contribution in [2.24, 2.45) is 0 Å². The molecule has 0 fully saturated rings. The Labute approximate surface area is 192 Å². The molecule has 7 heteroatoms. The first-order valence-electron chi connectivity index (χ1n) is 10.7. The van der Waals surface area contributed by atoms with Gasteiger partial charge in [-0.2, -0.15) is 0 Å². The van der Waals surface area contributed by atoms with Crippen LogP contribution in [0.3, 0.4) is 0 Å². The molecule has 0 saturated heterocycles. The van der Waals surface area contributed by atoms with Gasteiger partial charge in [0, 0.05) is 49.4 Å². The average molecular weight is 446 g/mol. The van der Waals surface area contributed by atoms with Gasteiger partial charge in [-0.3, -0.25) is 9.78 Å². The molecule has 3 aromatic heterocycles. The summed E-state index contributed by atoms with van der Waals surface area (Å²) in [5.41, 5.74) is 4.72. The summed E-state index contributed by atoms with van der Waals surface area (Å²) in [5.74, 6) is 0.888. The van der Waals surface area contributed by atoms with Gasteiger partial charge in [0.1, 0.15) is 17.0 Å². The first-order chi connectivity index (χ1) is 15.5. The highest BCUT2D eigenvalue weighted by Gasteiger charge is 2.17. The Morgan fingerprint density at radius 1 is 1.06 bits per heavy atom. The minimum Gasteiger partial charge on any atom is -0.369 e. The van der Waals surface area contributed by atoms with E-state index in [4.69, 9.17) is 0 Å². The van der Waals surface area contributed by atoms with E-state index < -0.39 is 0 Å². The van der Waals surface area contributed by atoms with Crippen LogP contribution in [0.4, 0.5) is 5.82 Å². The summed E-state index contributed by atoms with van der Waals surface area (Å²) in [6.45, 7) is 5.41. The average Bonchev–Trinajstić information content (AvgIpc) is 3.15. The normalized spacial score (nSPS) is 11.0. The first-order valence-corrected chi connectivity index (χ1v) is 11.5. The van der Waals surface area contributed by atoms with Gasteiger partial charge in [-0.25, -0.2) is 9.97 Å². The van der Waals surface area contributed by atoms with Crippen LogP contribution < -0.4 is 5.32 Å². The van der Waals surface area contributed by atoms with Gasteiger partial charge in [-0.05, 0) is 43.5 Å². The number of carbonyl (C=O) groups is 1. The molecule has 0 bridgehead atoms. The molecule has 32 heavy (non-hydrogen) atoms. The van der Waals surface area contributed by atoms with E-state index in [1.165, 1.54) is 16.0 Å². The Morgan fingerprint density at radius 2 is 1.81 bits per heavy atom. The summed E-state index contributed by atoms with van der Waals surface area (Å²) in [6, 6.07) is 12.5. The molecule has 0 unspecified atom stereocenters. The van der Waals surface area contributed by atoms with E-state index in [-0.39, 0.29) is 5.91 Å². The van der Waals surface area contributed by atoms with Gasteiger partial charge in [0.2, 0.25) is 5.91 Å². The maximum atomic E-state index is 12.6. The van der Waals surface area contributed by atoms with E-state index in [0.29, 0.717) is 19.5 Å². The Kier molecular flexibility index (Phi) is 6.75. The lowest BCUT2D eigenvalue weighted by molar-refractivity contribution is -0.129. The molecule has 164 valence electrons. The van der Waals surface area contributed by atoms with Gasteiger partial charge >= 0.3 is 0 Å². The van der Waals surface area contributed by atoms with Crippen LogP contribution in [0, 0.1) is 13.8 Å². The van der Waals surface area contributed by atoms with Crippen LogP contribution in [0.5, 0.6) is 0 Å². The van der Waals surface area contributed by atoms with Crippen molar-refractivity contribution < 1.29 is 4.79 Å². The van der Waals surface area contributed by atoms with Gasteiger partial charge in [-0.15, -0.1) is 11.3 Å². The van der Waals surface area contributed by atoms with Crippen molar-refractivity contribution in [1.29, 1.82) is 0 Å². The zero-order chi connectivity index (χ0) is 22.5. The number of carbonyl (C=O) groups excluding carboxylic acids is 1. The monoisotopic (exact) mass is 445 g/mol. The Hall–Kier alpha value is -3.32. The molecule has 1 amide bonds. The summed E-state index contributed by atoms with van der Waals surface area (Å²) in [6.07, 6.45) is 6.36. The van der Waals surface area contributed by atoms with Crippen molar-refractivity contribution >= 4 is 33.3 Å². The van der Waals surface area contributed by atoms with Gasteiger partial charge < -0.3 is 10.2 Å². The highest BCUT2D eigenvalue weighted by atomic mass is 32.1. The first kappa shape index (κ1) is 21.9. The van der Waals surface area contributed by atoms with Crippen molar-refractivity contribution in [1.82, 2.24) is 19.9 Å². The molecule has 4 aromatic rings. The molecule has 0 spiro atoms. The summed E-state index contributed by atoms with van der Waals surface area (Å²) < 4.78 is 0. The molecule has 4 rings (SSSR count). The summed E-state index contributed by atoms with van der Waals surface area (Å²) in [7, 11) is 1.85. The predicted molar refractivity (Wildman–Crippen MR) is 131 cm³/mol. The maximum Gasteiger partial charge on any atom is 0.224 e. The van der Waals surface area contributed by atoms with E-state index in [0.717, 1.165) is 33.6 Å². The molecule has 1 N–H and O–H groups in total.